The molecule has 0 aromatic heterocycles. The maximum Gasteiger partial charge on any atom is 0.262 e. The molecule has 162 valence electrons. The molecule has 3 aromatic carbocycles. The molecule has 0 heterocycles. The SMILES string of the molecule is Cc1ccc(NS(=O)(=O)c2ccc(OCC(=O)Nc3cccc(Cl)c3)c(C)c2)cc1C. The molecule has 0 aliphatic rings. The number of hydrogen-bond donors (Lipinski definition) is 2. The van der Waals surface area contributed by atoms with Gasteiger partial charge in [-0.05, 0) is 86.0 Å². The van der Waals surface area contributed by atoms with E-state index in [4.69, 9.17) is 16.3 Å². The molecule has 2 N–H and O–H groups in total. The highest BCUT2D eigenvalue weighted by Gasteiger charge is 2.16. The molecule has 0 radical (unpaired) electrons. The highest BCUT2D eigenvalue weighted by atomic mass is 35.5. The number of rotatable bonds is 7. The van der Waals surface area contributed by atoms with Crippen LogP contribution in [0.2, 0.25) is 5.02 Å². The lowest BCUT2D eigenvalue weighted by Crippen LogP contribution is -2.20. The Kier molecular flexibility index (Phi) is 6.87. The average molecular weight is 459 g/mol. The topological polar surface area (TPSA) is 84.5 Å². The molecule has 6 nitrogen and oxygen atoms in total. The number of aryl methyl sites for hydroxylation is 3. The molecule has 0 aliphatic carbocycles. The third-order valence-corrected chi connectivity index (χ3v) is 6.30. The number of amides is 1. The van der Waals surface area contributed by atoms with Crippen molar-refractivity contribution in [3.05, 3.63) is 82.4 Å². The summed E-state index contributed by atoms with van der Waals surface area (Å²) in [6.45, 7) is 5.39. The molecule has 1 amide bonds. The van der Waals surface area contributed by atoms with Crippen LogP contribution in [-0.4, -0.2) is 20.9 Å². The van der Waals surface area contributed by atoms with E-state index in [1.54, 1.807) is 43.3 Å². The van der Waals surface area contributed by atoms with Crippen LogP contribution in [0.1, 0.15) is 16.7 Å². The van der Waals surface area contributed by atoms with Gasteiger partial charge in [0.15, 0.2) is 6.61 Å². The lowest BCUT2D eigenvalue weighted by Gasteiger charge is -2.13. The van der Waals surface area contributed by atoms with Crippen molar-refractivity contribution >= 4 is 38.9 Å². The summed E-state index contributed by atoms with van der Waals surface area (Å²) in [4.78, 5) is 12.2. The molecule has 0 aliphatic heterocycles. The van der Waals surface area contributed by atoms with Crippen LogP contribution in [0.5, 0.6) is 5.75 Å². The number of carbonyl (C=O) groups is 1. The lowest BCUT2D eigenvalue weighted by molar-refractivity contribution is -0.118. The van der Waals surface area contributed by atoms with Crippen LogP contribution in [0.15, 0.2) is 65.6 Å². The first-order chi connectivity index (χ1) is 14.6. The van der Waals surface area contributed by atoms with Crippen molar-refractivity contribution in [2.45, 2.75) is 25.7 Å². The van der Waals surface area contributed by atoms with Crippen molar-refractivity contribution in [1.82, 2.24) is 0 Å². The highest BCUT2D eigenvalue weighted by molar-refractivity contribution is 7.92. The Morgan fingerprint density at radius 1 is 0.903 bits per heavy atom. The van der Waals surface area contributed by atoms with Crippen LogP contribution >= 0.6 is 11.6 Å². The second kappa shape index (κ2) is 9.41. The van der Waals surface area contributed by atoms with E-state index in [9.17, 15) is 13.2 Å². The number of carbonyl (C=O) groups excluding carboxylic acids is 1. The molecule has 31 heavy (non-hydrogen) atoms. The summed E-state index contributed by atoms with van der Waals surface area (Å²) in [5.74, 6) is 0.0705. The van der Waals surface area contributed by atoms with E-state index in [-0.39, 0.29) is 17.4 Å². The minimum Gasteiger partial charge on any atom is -0.483 e. The zero-order valence-corrected chi connectivity index (χ0v) is 19.0. The van der Waals surface area contributed by atoms with Crippen molar-refractivity contribution in [1.29, 1.82) is 0 Å². The molecular formula is C23H23ClN2O4S. The van der Waals surface area contributed by atoms with Crippen LogP contribution in [0, 0.1) is 20.8 Å². The van der Waals surface area contributed by atoms with E-state index in [2.05, 4.69) is 10.0 Å². The molecule has 0 fully saturated rings. The largest absolute Gasteiger partial charge is 0.483 e. The summed E-state index contributed by atoms with van der Waals surface area (Å²) in [6.07, 6.45) is 0. The van der Waals surface area contributed by atoms with Gasteiger partial charge in [0.25, 0.3) is 15.9 Å². The second-order valence-corrected chi connectivity index (χ2v) is 9.30. The van der Waals surface area contributed by atoms with Crippen molar-refractivity contribution in [2.75, 3.05) is 16.6 Å². The zero-order valence-electron chi connectivity index (χ0n) is 17.4. The van der Waals surface area contributed by atoms with Crippen molar-refractivity contribution in [2.24, 2.45) is 0 Å². The van der Waals surface area contributed by atoms with E-state index < -0.39 is 10.0 Å². The summed E-state index contributed by atoms with van der Waals surface area (Å²) in [5.41, 5.74) is 3.74. The van der Waals surface area contributed by atoms with Gasteiger partial charge >= 0.3 is 0 Å². The zero-order chi connectivity index (χ0) is 22.6. The summed E-state index contributed by atoms with van der Waals surface area (Å²) in [5, 5.41) is 3.20. The summed E-state index contributed by atoms with van der Waals surface area (Å²) in [6, 6.07) is 16.7. The predicted octanol–water partition coefficient (Wildman–Crippen LogP) is 5.08. The second-order valence-electron chi connectivity index (χ2n) is 7.18. The molecule has 0 saturated carbocycles. The fraction of sp³-hybridized carbons (Fsp3) is 0.174. The van der Waals surface area contributed by atoms with Crippen molar-refractivity contribution < 1.29 is 17.9 Å². The Morgan fingerprint density at radius 3 is 2.35 bits per heavy atom. The van der Waals surface area contributed by atoms with Crippen LogP contribution < -0.4 is 14.8 Å². The highest BCUT2D eigenvalue weighted by Crippen LogP contribution is 2.24. The third kappa shape index (κ3) is 5.99. The number of benzene rings is 3. The minimum atomic E-state index is -3.76. The smallest absolute Gasteiger partial charge is 0.262 e. The predicted molar refractivity (Wildman–Crippen MR) is 123 cm³/mol. The average Bonchev–Trinajstić information content (AvgIpc) is 2.69. The fourth-order valence-corrected chi connectivity index (χ4v) is 4.20. The first-order valence-corrected chi connectivity index (χ1v) is 11.4. The maximum absolute atomic E-state index is 12.7. The van der Waals surface area contributed by atoms with Gasteiger partial charge in [-0.25, -0.2) is 8.42 Å². The molecular weight excluding hydrogens is 436 g/mol. The van der Waals surface area contributed by atoms with Gasteiger partial charge in [-0.3, -0.25) is 9.52 Å². The molecule has 0 saturated heterocycles. The van der Waals surface area contributed by atoms with E-state index in [1.165, 1.54) is 18.2 Å². The van der Waals surface area contributed by atoms with Gasteiger partial charge in [-0.2, -0.15) is 0 Å². The van der Waals surface area contributed by atoms with Gasteiger partial charge in [0.05, 0.1) is 4.90 Å². The van der Waals surface area contributed by atoms with Gasteiger partial charge in [0.1, 0.15) is 5.75 Å². The third-order valence-electron chi connectivity index (χ3n) is 4.68. The standard InChI is InChI=1S/C23H23ClN2O4S/c1-15-7-8-20(11-16(15)2)26-31(28,29)21-9-10-22(17(3)12-21)30-14-23(27)25-19-6-4-5-18(24)13-19/h4-13,26H,14H2,1-3H3,(H,25,27). The Hall–Kier alpha value is -3.03. The number of sulfonamides is 1. The Labute approximate surface area is 187 Å². The van der Waals surface area contributed by atoms with Crippen LogP contribution in [0.3, 0.4) is 0 Å². The Morgan fingerprint density at radius 2 is 1.68 bits per heavy atom. The number of hydrogen-bond acceptors (Lipinski definition) is 4. The maximum atomic E-state index is 12.7. The number of nitrogens with one attached hydrogen (secondary N) is 2. The fourth-order valence-electron chi connectivity index (χ4n) is 2.88. The molecule has 3 aromatic rings. The number of halogens is 1. The van der Waals surface area contributed by atoms with E-state index in [0.29, 0.717) is 27.7 Å². The van der Waals surface area contributed by atoms with Crippen LogP contribution in [0.4, 0.5) is 11.4 Å². The van der Waals surface area contributed by atoms with Crippen LogP contribution in [-0.2, 0) is 14.8 Å². The summed E-state index contributed by atoms with van der Waals surface area (Å²) < 4.78 is 33.6. The van der Waals surface area contributed by atoms with E-state index in [0.717, 1.165) is 11.1 Å². The van der Waals surface area contributed by atoms with Gasteiger partial charge in [0.2, 0.25) is 0 Å². The summed E-state index contributed by atoms with van der Waals surface area (Å²) >= 11 is 5.90. The van der Waals surface area contributed by atoms with Gasteiger partial charge in [0, 0.05) is 16.4 Å². The molecule has 0 bridgehead atoms. The normalized spacial score (nSPS) is 11.1. The molecule has 8 heteroatoms. The van der Waals surface area contributed by atoms with Crippen molar-refractivity contribution in [3.63, 3.8) is 0 Å². The monoisotopic (exact) mass is 458 g/mol. The van der Waals surface area contributed by atoms with E-state index in [1.807, 2.05) is 19.9 Å². The van der Waals surface area contributed by atoms with Gasteiger partial charge in [-0.15, -0.1) is 0 Å². The van der Waals surface area contributed by atoms with Gasteiger partial charge < -0.3 is 10.1 Å². The first kappa shape index (κ1) is 22.7. The lowest BCUT2D eigenvalue weighted by atomic mass is 10.1. The Bertz CT molecular complexity index is 1230. The summed E-state index contributed by atoms with van der Waals surface area (Å²) in [7, 11) is -3.76. The molecule has 3 rings (SSSR count). The quantitative estimate of drug-likeness (QED) is 0.516. The van der Waals surface area contributed by atoms with Crippen LogP contribution in [0.25, 0.3) is 0 Å². The number of anilines is 2. The number of ether oxygens (including phenoxy) is 1. The van der Waals surface area contributed by atoms with E-state index >= 15 is 0 Å². The molecule has 0 unspecified atom stereocenters. The van der Waals surface area contributed by atoms with Crippen molar-refractivity contribution in [3.8, 4) is 5.75 Å². The minimum absolute atomic E-state index is 0.110. The first-order valence-electron chi connectivity index (χ1n) is 9.53. The molecule has 0 atom stereocenters. The Balaban J connectivity index is 1.66. The van der Waals surface area contributed by atoms with Gasteiger partial charge in [-0.1, -0.05) is 23.7 Å². The molecule has 0 spiro atoms.